The minimum Gasteiger partial charge on any atom is -0.483 e. The molecule has 0 fully saturated rings. The number of halogens is 2. The topological polar surface area (TPSA) is 58.6 Å². The lowest BCUT2D eigenvalue weighted by molar-refractivity contribution is -0.142. The van der Waals surface area contributed by atoms with Gasteiger partial charge in [-0.05, 0) is 30.0 Å². The first-order chi connectivity index (χ1) is 15.0. The lowest BCUT2D eigenvalue weighted by Crippen LogP contribution is -2.49. The zero-order chi connectivity index (χ0) is 22.4. The fourth-order valence-corrected chi connectivity index (χ4v) is 4.00. The van der Waals surface area contributed by atoms with E-state index in [4.69, 9.17) is 27.9 Å². The first-order valence-electron chi connectivity index (χ1n) is 10.0. The van der Waals surface area contributed by atoms with Crippen LogP contribution in [0.2, 0.25) is 10.0 Å². The van der Waals surface area contributed by atoms with Crippen LogP contribution >= 0.6 is 23.2 Å². The molecule has 0 bridgehead atoms. The summed E-state index contributed by atoms with van der Waals surface area (Å²) in [5.41, 5.74) is 0.590. The molecule has 1 N–H and O–H groups in total. The van der Waals surface area contributed by atoms with E-state index in [0.717, 1.165) is 10.8 Å². The maximum absolute atomic E-state index is 13.2. The van der Waals surface area contributed by atoms with Gasteiger partial charge in [-0.15, -0.1) is 0 Å². The third kappa shape index (κ3) is 5.30. The average molecular weight is 459 g/mol. The molecule has 31 heavy (non-hydrogen) atoms. The van der Waals surface area contributed by atoms with Crippen LogP contribution in [0.1, 0.15) is 18.9 Å². The number of hydrogen-bond donors (Lipinski definition) is 1. The van der Waals surface area contributed by atoms with Gasteiger partial charge in [-0.1, -0.05) is 72.6 Å². The van der Waals surface area contributed by atoms with Crippen molar-refractivity contribution in [3.8, 4) is 5.75 Å². The van der Waals surface area contributed by atoms with E-state index in [1.165, 1.54) is 4.90 Å². The standard InChI is InChI=1S/C24H24Cl2N2O3/c1-3-21(24(30)27-2)28(14-18-19(25)11-7-12-20(18)26)23(29)15-31-22-13-6-9-16-8-4-5-10-17(16)22/h4-13,21H,3,14-15H2,1-2H3,(H,27,30). The molecule has 7 heteroatoms. The Labute approximate surface area is 191 Å². The number of hydrogen-bond acceptors (Lipinski definition) is 3. The van der Waals surface area contributed by atoms with Gasteiger partial charge in [0.05, 0.1) is 0 Å². The number of likely N-dealkylation sites (N-methyl/N-ethyl adjacent to an activating group) is 1. The third-order valence-electron chi connectivity index (χ3n) is 5.12. The van der Waals surface area contributed by atoms with Gasteiger partial charge in [0.15, 0.2) is 6.61 Å². The van der Waals surface area contributed by atoms with Gasteiger partial charge in [-0.3, -0.25) is 9.59 Å². The average Bonchev–Trinajstić information content (AvgIpc) is 2.78. The predicted octanol–water partition coefficient (Wildman–Crippen LogP) is 5.08. The lowest BCUT2D eigenvalue weighted by Gasteiger charge is -2.30. The van der Waals surface area contributed by atoms with Crippen LogP contribution in [0.5, 0.6) is 5.75 Å². The number of amides is 2. The number of ether oxygens (including phenoxy) is 1. The molecule has 0 aliphatic rings. The van der Waals surface area contributed by atoms with E-state index >= 15 is 0 Å². The third-order valence-corrected chi connectivity index (χ3v) is 5.83. The van der Waals surface area contributed by atoms with Gasteiger partial charge in [0.1, 0.15) is 11.8 Å². The predicted molar refractivity (Wildman–Crippen MR) is 125 cm³/mol. The summed E-state index contributed by atoms with van der Waals surface area (Å²) in [5, 5.41) is 5.43. The quantitative estimate of drug-likeness (QED) is 0.511. The maximum Gasteiger partial charge on any atom is 0.261 e. The van der Waals surface area contributed by atoms with Crippen molar-refractivity contribution >= 4 is 45.8 Å². The van der Waals surface area contributed by atoms with Crippen molar-refractivity contribution in [3.63, 3.8) is 0 Å². The highest BCUT2D eigenvalue weighted by atomic mass is 35.5. The van der Waals surface area contributed by atoms with Crippen LogP contribution in [0, 0.1) is 0 Å². The van der Waals surface area contributed by atoms with Crippen molar-refractivity contribution < 1.29 is 14.3 Å². The van der Waals surface area contributed by atoms with Crippen molar-refractivity contribution in [2.24, 2.45) is 0 Å². The molecule has 3 aromatic carbocycles. The lowest BCUT2D eigenvalue weighted by atomic mass is 10.1. The Morgan fingerprint density at radius 3 is 2.32 bits per heavy atom. The van der Waals surface area contributed by atoms with E-state index in [0.29, 0.717) is 27.8 Å². The van der Waals surface area contributed by atoms with E-state index < -0.39 is 6.04 Å². The summed E-state index contributed by atoms with van der Waals surface area (Å²) in [5.74, 6) is 0.0127. The van der Waals surface area contributed by atoms with E-state index in [2.05, 4.69) is 5.32 Å². The SMILES string of the molecule is CCC(C(=O)NC)N(Cc1c(Cl)cccc1Cl)C(=O)COc1cccc2ccccc12. The van der Waals surface area contributed by atoms with Gasteiger partial charge < -0.3 is 15.0 Å². The normalized spacial score (nSPS) is 11.7. The van der Waals surface area contributed by atoms with Crippen molar-refractivity contribution in [1.29, 1.82) is 0 Å². The smallest absolute Gasteiger partial charge is 0.261 e. The Balaban J connectivity index is 1.87. The van der Waals surface area contributed by atoms with E-state index in [-0.39, 0.29) is 25.0 Å². The molecule has 0 heterocycles. The number of benzene rings is 3. The molecule has 0 spiro atoms. The zero-order valence-corrected chi connectivity index (χ0v) is 18.9. The Kier molecular flexibility index (Phi) is 7.77. The van der Waals surface area contributed by atoms with Crippen LogP contribution in [0.25, 0.3) is 10.8 Å². The van der Waals surface area contributed by atoms with Crippen LogP contribution < -0.4 is 10.1 Å². The van der Waals surface area contributed by atoms with Crippen molar-refractivity contribution in [2.45, 2.75) is 25.9 Å². The second-order valence-electron chi connectivity index (χ2n) is 7.03. The summed E-state index contributed by atoms with van der Waals surface area (Å²) < 4.78 is 5.88. The Bertz CT molecular complexity index is 1060. The Hall–Kier alpha value is -2.76. The maximum atomic E-state index is 13.2. The molecule has 3 rings (SSSR count). The summed E-state index contributed by atoms with van der Waals surface area (Å²) >= 11 is 12.6. The molecule has 0 radical (unpaired) electrons. The molecule has 0 aliphatic carbocycles. The second kappa shape index (κ2) is 10.5. The molecule has 2 amide bonds. The van der Waals surface area contributed by atoms with E-state index in [9.17, 15) is 9.59 Å². The Morgan fingerprint density at radius 2 is 1.65 bits per heavy atom. The molecule has 1 unspecified atom stereocenters. The highest BCUT2D eigenvalue weighted by Crippen LogP contribution is 2.28. The minimum atomic E-state index is -0.680. The molecular formula is C24H24Cl2N2O3. The van der Waals surface area contributed by atoms with Gasteiger partial charge in [0.25, 0.3) is 5.91 Å². The summed E-state index contributed by atoms with van der Waals surface area (Å²) in [4.78, 5) is 27.2. The number of nitrogens with zero attached hydrogens (tertiary/aromatic N) is 1. The van der Waals surface area contributed by atoms with Gasteiger partial charge >= 0.3 is 0 Å². The van der Waals surface area contributed by atoms with Crippen LogP contribution in [0.3, 0.4) is 0 Å². The summed E-state index contributed by atoms with van der Waals surface area (Å²) in [6.07, 6.45) is 0.432. The number of carbonyl (C=O) groups is 2. The number of carbonyl (C=O) groups excluding carboxylic acids is 2. The van der Waals surface area contributed by atoms with Gasteiger partial charge in [0, 0.05) is 34.6 Å². The van der Waals surface area contributed by atoms with Crippen LogP contribution in [0.15, 0.2) is 60.7 Å². The molecule has 0 aromatic heterocycles. The van der Waals surface area contributed by atoms with Crippen LogP contribution in [-0.4, -0.2) is 36.4 Å². The summed E-state index contributed by atoms with van der Waals surface area (Å²) in [7, 11) is 1.54. The van der Waals surface area contributed by atoms with Crippen molar-refractivity contribution in [3.05, 3.63) is 76.3 Å². The molecule has 0 aliphatic heterocycles. The molecule has 0 saturated carbocycles. The first-order valence-corrected chi connectivity index (χ1v) is 10.8. The van der Waals surface area contributed by atoms with E-state index in [1.807, 2.05) is 49.4 Å². The highest BCUT2D eigenvalue weighted by molar-refractivity contribution is 6.36. The number of rotatable bonds is 8. The number of fused-ring (bicyclic) bond motifs is 1. The first kappa shape index (κ1) is 22.9. The van der Waals surface area contributed by atoms with Gasteiger partial charge in [-0.25, -0.2) is 0 Å². The van der Waals surface area contributed by atoms with Crippen LogP contribution in [-0.2, 0) is 16.1 Å². The fourth-order valence-electron chi connectivity index (χ4n) is 3.48. The van der Waals surface area contributed by atoms with Crippen molar-refractivity contribution in [2.75, 3.05) is 13.7 Å². The van der Waals surface area contributed by atoms with Gasteiger partial charge in [0.2, 0.25) is 5.91 Å². The molecule has 5 nitrogen and oxygen atoms in total. The van der Waals surface area contributed by atoms with Gasteiger partial charge in [-0.2, -0.15) is 0 Å². The summed E-state index contributed by atoms with van der Waals surface area (Å²) in [6, 6.07) is 17.9. The molecule has 0 saturated heterocycles. The summed E-state index contributed by atoms with van der Waals surface area (Å²) in [6.45, 7) is 1.73. The molecular weight excluding hydrogens is 435 g/mol. The molecule has 1 atom stereocenters. The van der Waals surface area contributed by atoms with E-state index in [1.54, 1.807) is 25.2 Å². The largest absolute Gasteiger partial charge is 0.483 e. The van der Waals surface area contributed by atoms with Crippen molar-refractivity contribution in [1.82, 2.24) is 10.2 Å². The monoisotopic (exact) mass is 458 g/mol. The fraction of sp³-hybridized carbons (Fsp3) is 0.250. The second-order valence-corrected chi connectivity index (χ2v) is 7.84. The molecule has 3 aromatic rings. The minimum absolute atomic E-state index is 0.0994. The zero-order valence-electron chi connectivity index (χ0n) is 17.4. The number of nitrogens with one attached hydrogen (secondary N) is 1. The Morgan fingerprint density at radius 1 is 1.00 bits per heavy atom. The van der Waals surface area contributed by atoms with Crippen LogP contribution in [0.4, 0.5) is 0 Å². The highest BCUT2D eigenvalue weighted by Gasteiger charge is 2.29. The molecule has 162 valence electrons.